The van der Waals surface area contributed by atoms with Crippen LogP contribution in [0.1, 0.15) is 17.7 Å². The van der Waals surface area contributed by atoms with E-state index in [1.165, 1.54) is 5.56 Å². The zero-order chi connectivity index (χ0) is 17.2. The van der Waals surface area contributed by atoms with Gasteiger partial charge in [0.05, 0.1) is 7.11 Å². The van der Waals surface area contributed by atoms with Crippen LogP contribution in [0.4, 0.5) is 11.8 Å². The van der Waals surface area contributed by atoms with E-state index in [4.69, 9.17) is 9.47 Å². The van der Waals surface area contributed by atoms with Crippen molar-refractivity contribution in [3.63, 3.8) is 0 Å². The van der Waals surface area contributed by atoms with Crippen LogP contribution in [0.25, 0.3) is 0 Å². The number of nitrogens with one attached hydrogen (secondary N) is 2. The number of nitrogens with zero attached hydrogens (tertiary/aromatic N) is 2. The molecule has 130 valence electrons. The van der Waals surface area contributed by atoms with Crippen molar-refractivity contribution in [1.29, 1.82) is 0 Å². The molecule has 2 N–H and O–H groups in total. The molecule has 6 heteroatoms. The van der Waals surface area contributed by atoms with Gasteiger partial charge in [-0.15, -0.1) is 0 Å². The summed E-state index contributed by atoms with van der Waals surface area (Å²) in [6.45, 7) is 4.28. The Morgan fingerprint density at radius 3 is 2.71 bits per heavy atom. The van der Waals surface area contributed by atoms with Crippen LogP contribution in [0, 0.1) is 6.92 Å². The first kappa shape index (κ1) is 18.0. The highest BCUT2D eigenvalue weighted by Crippen LogP contribution is 2.14. The molecule has 0 atom stereocenters. The molecular weight excluding hydrogens is 304 g/mol. The van der Waals surface area contributed by atoms with Crippen molar-refractivity contribution in [2.75, 3.05) is 44.5 Å². The van der Waals surface area contributed by atoms with Crippen molar-refractivity contribution in [3.05, 3.63) is 41.6 Å². The highest BCUT2D eigenvalue weighted by molar-refractivity contribution is 5.42. The van der Waals surface area contributed by atoms with Crippen LogP contribution in [0.15, 0.2) is 30.3 Å². The second kappa shape index (κ2) is 9.72. The Bertz CT molecular complexity index is 634. The smallest absolute Gasteiger partial charge is 0.224 e. The highest BCUT2D eigenvalue weighted by Gasteiger charge is 2.02. The molecule has 2 rings (SSSR count). The summed E-state index contributed by atoms with van der Waals surface area (Å²) in [5.74, 6) is 2.36. The molecule has 0 aliphatic rings. The second-order valence-corrected chi connectivity index (χ2v) is 5.52. The number of hydrogen-bond donors (Lipinski definition) is 2. The molecule has 1 aromatic heterocycles. The number of benzene rings is 1. The number of anilines is 2. The van der Waals surface area contributed by atoms with Crippen molar-refractivity contribution in [1.82, 2.24) is 9.97 Å². The van der Waals surface area contributed by atoms with Gasteiger partial charge >= 0.3 is 0 Å². The van der Waals surface area contributed by atoms with E-state index in [-0.39, 0.29) is 0 Å². The van der Waals surface area contributed by atoms with Gasteiger partial charge in [0.2, 0.25) is 5.95 Å². The molecule has 0 aliphatic carbocycles. The minimum Gasteiger partial charge on any atom is -0.497 e. The molecule has 0 saturated heterocycles. The average Bonchev–Trinajstić information content (AvgIpc) is 2.58. The molecule has 24 heavy (non-hydrogen) atoms. The van der Waals surface area contributed by atoms with E-state index in [0.29, 0.717) is 5.95 Å². The van der Waals surface area contributed by atoms with Gasteiger partial charge in [-0.1, -0.05) is 12.1 Å². The summed E-state index contributed by atoms with van der Waals surface area (Å²) < 4.78 is 10.3. The van der Waals surface area contributed by atoms with Gasteiger partial charge in [-0.2, -0.15) is 4.98 Å². The third-order valence-corrected chi connectivity index (χ3v) is 3.52. The molecule has 1 heterocycles. The minimum atomic E-state index is 0.648. The first-order valence-electron chi connectivity index (χ1n) is 8.16. The summed E-state index contributed by atoms with van der Waals surface area (Å²) in [5, 5.41) is 6.58. The maximum Gasteiger partial charge on any atom is 0.224 e. The van der Waals surface area contributed by atoms with Crippen LogP contribution in [0.3, 0.4) is 0 Å². The van der Waals surface area contributed by atoms with Gasteiger partial charge in [0.25, 0.3) is 0 Å². The molecule has 2 aromatic rings. The summed E-state index contributed by atoms with van der Waals surface area (Å²) in [6.07, 6.45) is 1.82. The van der Waals surface area contributed by atoms with Crippen molar-refractivity contribution >= 4 is 11.8 Å². The number of rotatable bonds is 10. The van der Waals surface area contributed by atoms with E-state index in [2.05, 4.69) is 32.7 Å². The quantitative estimate of drug-likeness (QED) is 0.653. The van der Waals surface area contributed by atoms with Gasteiger partial charge in [-0.25, -0.2) is 4.98 Å². The van der Waals surface area contributed by atoms with E-state index in [0.717, 1.165) is 49.8 Å². The van der Waals surface area contributed by atoms with Crippen molar-refractivity contribution in [2.24, 2.45) is 0 Å². The van der Waals surface area contributed by atoms with Crippen LogP contribution in [0.5, 0.6) is 5.75 Å². The molecular formula is C18H26N4O2. The number of ether oxygens (including phenoxy) is 2. The molecule has 0 unspecified atom stereocenters. The van der Waals surface area contributed by atoms with Gasteiger partial charge in [0.1, 0.15) is 11.6 Å². The normalized spacial score (nSPS) is 10.5. The molecule has 6 nitrogen and oxygen atoms in total. The van der Waals surface area contributed by atoms with E-state index in [1.807, 2.05) is 25.1 Å². The lowest BCUT2D eigenvalue weighted by molar-refractivity contribution is 0.197. The number of aromatic nitrogens is 2. The summed E-state index contributed by atoms with van der Waals surface area (Å²) in [4.78, 5) is 8.90. The standard InChI is InChI=1S/C18H26N4O2/c1-14-12-17(22-18(21-14)20-9-5-11-23-2)19-10-8-15-6-4-7-16(13-15)24-3/h4,6-7,12-13H,5,8-11H2,1-3H3,(H2,19,20,21,22). The van der Waals surface area contributed by atoms with Crippen LogP contribution in [-0.4, -0.2) is 43.9 Å². The van der Waals surface area contributed by atoms with E-state index >= 15 is 0 Å². The van der Waals surface area contributed by atoms with Gasteiger partial charge < -0.3 is 20.1 Å². The van der Waals surface area contributed by atoms with Crippen LogP contribution in [-0.2, 0) is 11.2 Å². The van der Waals surface area contributed by atoms with E-state index in [1.54, 1.807) is 14.2 Å². The minimum absolute atomic E-state index is 0.648. The maximum atomic E-state index is 5.25. The zero-order valence-corrected chi connectivity index (χ0v) is 14.6. The lowest BCUT2D eigenvalue weighted by atomic mass is 10.1. The number of hydrogen-bond acceptors (Lipinski definition) is 6. The van der Waals surface area contributed by atoms with Crippen LogP contribution in [0.2, 0.25) is 0 Å². The Hall–Kier alpha value is -2.34. The average molecular weight is 330 g/mol. The van der Waals surface area contributed by atoms with Crippen molar-refractivity contribution in [3.8, 4) is 5.75 Å². The monoisotopic (exact) mass is 330 g/mol. The lowest BCUT2D eigenvalue weighted by Gasteiger charge is -2.10. The first-order chi connectivity index (χ1) is 11.7. The highest BCUT2D eigenvalue weighted by atomic mass is 16.5. The van der Waals surface area contributed by atoms with E-state index < -0.39 is 0 Å². The Morgan fingerprint density at radius 2 is 1.92 bits per heavy atom. The fourth-order valence-corrected chi connectivity index (χ4v) is 2.32. The largest absolute Gasteiger partial charge is 0.497 e. The Morgan fingerprint density at radius 1 is 1.04 bits per heavy atom. The predicted octanol–water partition coefficient (Wildman–Crippen LogP) is 2.90. The Labute approximate surface area is 143 Å². The molecule has 0 spiro atoms. The molecule has 0 bridgehead atoms. The Kier molecular flexibility index (Phi) is 7.29. The topological polar surface area (TPSA) is 68.3 Å². The summed E-state index contributed by atoms with van der Waals surface area (Å²) in [7, 11) is 3.38. The third kappa shape index (κ3) is 6.04. The number of aryl methyl sites for hydroxylation is 1. The predicted molar refractivity (Wildman–Crippen MR) is 96.9 cm³/mol. The molecule has 0 amide bonds. The molecule has 0 saturated carbocycles. The van der Waals surface area contributed by atoms with Crippen LogP contribution >= 0.6 is 0 Å². The fourth-order valence-electron chi connectivity index (χ4n) is 2.32. The maximum absolute atomic E-state index is 5.25. The molecule has 0 radical (unpaired) electrons. The van der Waals surface area contributed by atoms with E-state index in [9.17, 15) is 0 Å². The van der Waals surface area contributed by atoms with Gasteiger partial charge in [0.15, 0.2) is 0 Å². The lowest BCUT2D eigenvalue weighted by Crippen LogP contribution is -2.11. The molecule has 1 aromatic carbocycles. The van der Waals surface area contributed by atoms with Crippen LogP contribution < -0.4 is 15.4 Å². The SMILES string of the molecule is COCCCNc1nc(C)cc(NCCc2cccc(OC)c2)n1. The molecule has 0 fully saturated rings. The molecule has 0 aliphatic heterocycles. The second-order valence-electron chi connectivity index (χ2n) is 5.52. The fraction of sp³-hybridized carbons (Fsp3) is 0.444. The summed E-state index contributed by atoms with van der Waals surface area (Å²) in [6, 6.07) is 10.1. The van der Waals surface area contributed by atoms with Crippen molar-refractivity contribution in [2.45, 2.75) is 19.8 Å². The van der Waals surface area contributed by atoms with Gasteiger partial charge in [-0.05, 0) is 37.5 Å². The zero-order valence-electron chi connectivity index (χ0n) is 14.6. The summed E-state index contributed by atoms with van der Waals surface area (Å²) >= 11 is 0. The summed E-state index contributed by atoms with van der Waals surface area (Å²) in [5.41, 5.74) is 2.16. The van der Waals surface area contributed by atoms with Gasteiger partial charge in [-0.3, -0.25) is 0 Å². The first-order valence-corrected chi connectivity index (χ1v) is 8.16. The van der Waals surface area contributed by atoms with Crippen molar-refractivity contribution < 1.29 is 9.47 Å². The number of methoxy groups -OCH3 is 2. The van der Waals surface area contributed by atoms with Gasteiger partial charge in [0, 0.05) is 38.6 Å². The third-order valence-electron chi connectivity index (χ3n) is 3.52. The Balaban J connectivity index is 1.86.